The van der Waals surface area contributed by atoms with Crippen LogP contribution in [0.5, 0.6) is 5.75 Å². The number of hydrogen-bond donors (Lipinski definition) is 2. The molecule has 0 unspecified atom stereocenters. The number of allylic oxidation sites excluding steroid dienone is 3. The third-order valence-corrected chi connectivity index (χ3v) is 5.78. The van der Waals surface area contributed by atoms with E-state index in [0.717, 1.165) is 53.3 Å². The number of aromatic nitrogens is 3. The number of para-hydroxylation sites is 2. The van der Waals surface area contributed by atoms with Crippen LogP contribution in [0.1, 0.15) is 19.3 Å². The Morgan fingerprint density at radius 2 is 1.85 bits per heavy atom. The van der Waals surface area contributed by atoms with Gasteiger partial charge in [-0.2, -0.15) is 4.98 Å². The van der Waals surface area contributed by atoms with Crippen LogP contribution in [-0.4, -0.2) is 28.3 Å². The molecule has 6 nitrogen and oxygen atoms in total. The number of hydrogen-bond acceptors (Lipinski definition) is 5. The van der Waals surface area contributed by atoms with Gasteiger partial charge in [-0.3, -0.25) is 0 Å². The number of nitrogens with zero attached hydrogens (tertiary/aromatic N) is 3. The van der Waals surface area contributed by atoms with Crippen molar-refractivity contribution in [3.63, 3.8) is 0 Å². The van der Waals surface area contributed by atoms with E-state index in [-0.39, 0.29) is 0 Å². The summed E-state index contributed by atoms with van der Waals surface area (Å²) in [6.07, 6.45) is 12.1. The lowest BCUT2D eigenvalue weighted by atomic mass is 10.0. The van der Waals surface area contributed by atoms with Crippen LogP contribution >= 0.6 is 0 Å². The molecule has 4 aromatic rings. The summed E-state index contributed by atoms with van der Waals surface area (Å²) in [6.45, 7) is 0.950. The van der Waals surface area contributed by atoms with Gasteiger partial charge in [0.05, 0.1) is 12.8 Å². The van der Waals surface area contributed by atoms with Crippen molar-refractivity contribution in [2.24, 2.45) is 0 Å². The van der Waals surface area contributed by atoms with Crippen molar-refractivity contribution in [1.29, 1.82) is 0 Å². The van der Waals surface area contributed by atoms with Crippen LogP contribution < -0.4 is 15.4 Å². The summed E-state index contributed by atoms with van der Waals surface area (Å²) < 4.78 is 7.20. The Bertz CT molecular complexity index is 1300. The van der Waals surface area contributed by atoms with Crippen molar-refractivity contribution in [2.45, 2.75) is 19.3 Å². The second-order valence-electron chi connectivity index (χ2n) is 8.03. The predicted octanol–water partition coefficient (Wildman–Crippen LogP) is 6.23. The number of rotatable bonds is 8. The molecule has 6 heteroatoms. The molecule has 0 atom stereocenters. The van der Waals surface area contributed by atoms with Crippen LogP contribution in [0.4, 0.5) is 17.3 Å². The van der Waals surface area contributed by atoms with Gasteiger partial charge in [-0.1, -0.05) is 48.1 Å². The molecular formula is C27H27N5O. The molecule has 5 rings (SSSR count). The van der Waals surface area contributed by atoms with E-state index >= 15 is 0 Å². The number of pyridine rings is 1. The summed E-state index contributed by atoms with van der Waals surface area (Å²) in [6, 6.07) is 20.3. The molecule has 1 aliphatic carbocycles. The highest BCUT2D eigenvalue weighted by molar-refractivity contribution is 5.68. The van der Waals surface area contributed by atoms with E-state index in [1.165, 1.54) is 12.0 Å². The van der Waals surface area contributed by atoms with E-state index in [1.807, 2.05) is 36.5 Å². The molecule has 2 N–H and O–H groups in total. The van der Waals surface area contributed by atoms with Gasteiger partial charge in [-0.15, -0.1) is 5.10 Å². The Morgan fingerprint density at radius 1 is 1.00 bits per heavy atom. The molecule has 0 amide bonds. The zero-order chi connectivity index (χ0) is 22.5. The fraction of sp³-hybridized carbons (Fsp3) is 0.185. The largest absolute Gasteiger partial charge is 0.495 e. The minimum absolute atomic E-state index is 0.528. The Kier molecular flexibility index (Phi) is 6.06. The highest BCUT2D eigenvalue weighted by Crippen LogP contribution is 2.27. The molecule has 0 bridgehead atoms. The standard InChI is InChI=1S/C27H27N5O/c1-33-25-10-6-5-9-24(25)29-27-30-26-16-13-22(19-32(26)31-27)21-11-14-23(15-12-21)28-18-17-20-7-3-2-4-8-20/h2-3,5-7,9-16,19,28H,4,8,17-18H2,1H3,(H,29,31). The van der Waals surface area contributed by atoms with Crippen LogP contribution in [0.3, 0.4) is 0 Å². The number of methoxy groups -OCH3 is 1. The van der Waals surface area contributed by atoms with Crippen molar-refractivity contribution in [3.8, 4) is 16.9 Å². The fourth-order valence-electron chi connectivity index (χ4n) is 3.98. The minimum atomic E-state index is 0.528. The third kappa shape index (κ3) is 4.90. The molecule has 0 saturated heterocycles. The first-order valence-electron chi connectivity index (χ1n) is 11.2. The molecular weight excluding hydrogens is 410 g/mol. The number of anilines is 3. The summed E-state index contributed by atoms with van der Waals surface area (Å²) in [5.74, 6) is 1.28. The second kappa shape index (κ2) is 9.61. The first-order valence-corrected chi connectivity index (χ1v) is 11.2. The van der Waals surface area contributed by atoms with Gasteiger partial charge < -0.3 is 15.4 Å². The first-order chi connectivity index (χ1) is 16.3. The van der Waals surface area contributed by atoms with E-state index in [9.17, 15) is 0 Å². The number of nitrogens with one attached hydrogen (secondary N) is 2. The SMILES string of the molecule is COc1ccccc1Nc1nc2ccc(-c3ccc(NCCC4=CC=CCC4)cc3)cn2n1. The smallest absolute Gasteiger partial charge is 0.247 e. The van der Waals surface area contributed by atoms with Crippen LogP contribution in [0.15, 0.2) is 90.7 Å². The number of ether oxygens (including phenoxy) is 1. The van der Waals surface area contributed by atoms with Gasteiger partial charge in [-0.05, 0) is 61.2 Å². The second-order valence-corrected chi connectivity index (χ2v) is 8.03. The van der Waals surface area contributed by atoms with Crippen LogP contribution in [0, 0.1) is 0 Å². The Labute approximate surface area is 193 Å². The van der Waals surface area contributed by atoms with Crippen LogP contribution in [0.25, 0.3) is 16.8 Å². The summed E-state index contributed by atoms with van der Waals surface area (Å²) in [5, 5.41) is 11.4. The predicted molar refractivity (Wildman–Crippen MR) is 134 cm³/mol. The van der Waals surface area contributed by atoms with Gasteiger partial charge in [0.1, 0.15) is 5.75 Å². The molecule has 0 aliphatic heterocycles. The highest BCUT2D eigenvalue weighted by Gasteiger charge is 2.09. The quantitative estimate of drug-likeness (QED) is 0.342. The van der Waals surface area contributed by atoms with Crippen molar-refractivity contribution >= 4 is 23.0 Å². The third-order valence-electron chi connectivity index (χ3n) is 5.78. The maximum Gasteiger partial charge on any atom is 0.247 e. The Balaban J connectivity index is 1.26. The van der Waals surface area contributed by atoms with Crippen molar-refractivity contribution in [1.82, 2.24) is 14.6 Å². The molecule has 0 radical (unpaired) electrons. The van der Waals surface area contributed by atoms with Crippen LogP contribution in [-0.2, 0) is 0 Å². The van der Waals surface area contributed by atoms with Gasteiger partial charge in [-0.25, -0.2) is 4.52 Å². The molecule has 1 aliphatic rings. The van der Waals surface area contributed by atoms with Crippen LogP contribution in [0.2, 0.25) is 0 Å². The zero-order valence-corrected chi connectivity index (χ0v) is 18.7. The normalized spacial score (nSPS) is 13.1. The van der Waals surface area contributed by atoms with Crippen molar-refractivity contribution in [3.05, 3.63) is 90.7 Å². The van der Waals surface area contributed by atoms with Crippen molar-refractivity contribution < 1.29 is 4.74 Å². The summed E-state index contributed by atoms with van der Waals surface area (Å²) in [7, 11) is 1.65. The molecule has 0 spiro atoms. The average molecular weight is 438 g/mol. The lowest BCUT2D eigenvalue weighted by Crippen LogP contribution is -2.03. The Morgan fingerprint density at radius 3 is 2.67 bits per heavy atom. The van der Waals surface area contributed by atoms with E-state index in [2.05, 4.69) is 69.3 Å². The Hall–Kier alpha value is -4.06. The van der Waals surface area contributed by atoms with Crippen molar-refractivity contribution in [2.75, 3.05) is 24.3 Å². The average Bonchev–Trinajstić information content (AvgIpc) is 3.27. The molecule has 0 saturated carbocycles. The summed E-state index contributed by atoms with van der Waals surface area (Å²) in [4.78, 5) is 4.57. The molecule has 2 heterocycles. The lowest BCUT2D eigenvalue weighted by molar-refractivity contribution is 0.417. The van der Waals surface area contributed by atoms with Gasteiger partial charge in [0, 0.05) is 24.0 Å². The summed E-state index contributed by atoms with van der Waals surface area (Å²) in [5.41, 5.74) is 6.48. The fourth-order valence-corrected chi connectivity index (χ4v) is 3.98. The van der Waals surface area contributed by atoms with E-state index in [0.29, 0.717) is 5.95 Å². The number of benzene rings is 2. The molecule has 2 aromatic heterocycles. The lowest BCUT2D eigenvalue weighted by Gasteiger charge is -2.11. The molecule has 0 fully saturated rings. The maximum absolute atomic E-state index is 5.40. The first kappa shape index (κ1) is 20.8. The number of fused-ring (bicyclic) bond motifs is 1. The molecule has 33 heavy (non-hydrogen) atoms. The molecule has 166 valence electrons. The van der Waals surface area contributed by atoms with E-state index in [4.69, 9.17) is 4.74 Å². The van der Waals surface area contributed by atoms with E-state index in [1.54, 1.807) is 11.6 Å². The summed E-state index contributed by atoms with van der Waals surface area (Å²) >= 11 is 0. The maximum atomic E-state index is 5.40. The topological polar surface area (TPSA) is 63.5 Å². The molecule has 2 aromatic carbocycles. The van der Waals surface area contributed by atoms with Gasteiger partial charge in [0.2, 0.25) is 5.95 Å². The zero-order valence-electron chi connectivity index (χ0n) is 18.7. The minimum Gasteiger partial charge on any atom is -0.495 e. The van der Waals surface area contributed by atoms with Gasteiger partial charge >= 0.3 is 0 Å². The highest BCUT2D eigenvalue weighted by atomic mass is 16.5. The monoisotopic (exact) mass is 437 g/mol. The van der Waals surface area contributed by atoms with E-state index < -0.39 is 0 Å². The van der Waals surface area contributed by atoms with Gasteiger partial charge in [0.25, 0.3) is 0 Å². The van der Waals surface area contributed by atoms with Gasteiger partial charge in [0.15, 0.2) is 5.65 Å².